The number of para-hydroxylation sites is 2. The number of nitrogens with one attached hydrogen (secondary N) is 1. The van der Waals surface area contributed by atoms with Crippen molar-refractivity contribution >= 4 is 33.2 Å². The Morgan fingerprint density at radius 3 is 2.00 bits per heavy atom. The summed E-state index contributed by atoms with van der Waals surface area (Å²) in [6, 6.07) is 19.7. The van der Waals surface area contributed by atoms with Crippen LogP contribution in [0.2, 0.25) is 0 Å². The average molecular weight is 549 g/mol. The normalized spacial score (nSPS) is 22.2. The van der Waals surface area contributed by atoms with Crippen molar-refractivity contribution in [2.24, 2.45) is 0 Å². The van der Waals surface area contributed by atoms with Crippen molar-refractivity contribution in [3.63, 3.8) is 0 Å². The van der Waals surface area contributed by atoms with Crippen molar-refractivity contribution in [3.8, 4) is 0 Å². The van der Waals surface area contributed by atoms with E-state index in [1.807, 2.05) is 36.4 Å². The minimum Gasteiger partial charge on any atom is -0.389 e. The third kappa shape index (κ3) is 5.67. The number of aliphatic hydroxyl groups is 1. The number of thioether (sulfide) groups is 1. The molecule has 3 aromatic rings. The van der Waals surface area contributed by atoms with E-state index >= 15 is 0 Å². The van der Waals surface area contributed by atoms with Gasteiger partial charge in [-0.1, -0.05) is 36.4 Å². The van der Waals surface area contributed by atoms with Crippen molar-refractivity contribution in [3.05, 3.63) is 83.9 Å². The molecule has 0 aromatic heterocycles. The Labute approximate surface area is 218 Å². The third-order valence-electron chi connectivity index (χ3n) is 6.99. The second-order valence-corrected chi connectivity index (χ2v) is 12.2. The summed E-state index contributed by atoms with van der Waals surface area (Å²) in [7, 11) is -4.05. The molecule has 196 valence electrons. The van der Waals surface area contributed by atoms with Gasteiger partial charge in [0, 0.05) is 16.3 Å². The van der Waals surface area contributed by atoms with E-state index in [4.69, 9.17) is 0 Å². The van der Waals surface area contributed by atoms with Gasteiger partial charge in [0.25, 0.3) is 0 Å². The molecule has 1 aliphatic heterocycles. The summed E-state index contributed by atoms with van der Waals surface area (Å²) in [5.41, 5.74) is -0.0869. The van der Waals surface area contributed by atoms with Crippen LogP contribution in [0.15, 0.2) is 82.6 Å². The van der Waals surface area contributed by atoms with E-state index in [-0.39, 0.29) is 27.6 Å². The van der Waals surface area contributed by atoms with Gasteiger partial charge in [-0.2, -0.15) is 13.2 Å². The Hall–Kier alpha value is -2.53. The van der Waals surface area contributed by atoms with E-state index in [1.165, 1.54) is 11.1 Å². The molecule has 0 radical (unpaired) electrons. The van der Waals surface area contributed by atoms with Crippen molar-refractivity contribution in [2.45, 2.75) is 65.6 Å². The van der Waals surface area contributed by atoms with Crippen molar-refractivity contribution < 1.29 is 26.7 Å². The summed E-state index contributed by atoms with van der Waals surface area (Å²) < 4.78 is 66.7. The van der Waals surface area contributed by atoms with Crippen LogP contribution in [0.4, 0.5) is 24.5 Å². The van der Waals surface area contributed by atoms with Gasteiger partial charge in [0.05, 0.1) is 23.1 Å². The van der Waals surface area contributed by atoms with Gasteiger partial charge in [-0.05, 0) is 91.4 Å². The maximum absolute atomic E-state index is 13.1. The van der Waals surface area contributed by atoms with Crippen LogP contribution in [0.1, 0.15) is 30.4 Å². The molecule has 3 aromatic carbocycles. The number of alkyl halides is 3. The molecule has 10 heteroatoms. The fraction of sp³-hybridized carbons (Fsp3) is 0.333. The van der Waals surface area contributed by atoms with Crippen LogP contribution in [0.3, 0.4) is 0 Å². The Morgan fingerprint density at radius 2 is 1.43 bits per heavy atom. The molecule has 5 nitrogen and oxygen atoms in total. The number of nitrogens with zero attached hydrogens (tertiary/aromatic N) is 1. The lowest BCUT2D eigenvalue weighted by molar-refractivity contribution is -0.0328. The van der Waals surface area contributed by atoms with Gasteiger partial charge in [0.1, 0.15) is 0 Å². The van der Waals surface area contributed by atoms with E-state index < -0.39 is 27.7 Å². The number of aliphatic hydroxyl groups excluding tert-OH is 1. The lowest BCUT2D eigenvalue weighted by Crippen LogP contribution is -2.55. The van der Waals surface area contributed by atoms with Crippen LogP contribution in [-0.4, -0.2) is 37.2 Å². The molecule has 0 unspecified atom stereocenters. The van der Waals surface area contributed by atoms with Crippen LogP contribution < -0.4 is 9.62 Å². The molecule has 0 spiro atoms. The molecule has 0 bridgehead atoms. The van der Waals surface area contributed by atoms with Crippen LogP contribution in [0, 0.1) is 0 Å². The number of halogens is 3. The summed E-state index contributed by atoms with van der Waals surface area (Å²) >= 11 is -0.298. The topological polar surface area (TPSA) is 69.6 Å². The molecule has 0 amide bonds. The van der Waals surface area contributed by atoms with Crippen molar-refractivity contribution in [1.29, 1.82) is 0 Å². The number of hydrogen-bond donors (Lipinski definition) is 2. The molecular formula is C27H27F3N2O3S2. The second kappa shape index (κ2) is 10.3. The molecule has 37 heavy (non-hydrogen) atoms. The molecule has 1 heterocycles. The quantitative estimate of drug-likeness (QED) is 0.395. The number of aryl methyl sites for hydroxylation is 2. The monoisotopic (exact) mass is 548 g/mol. The molecule has 5 rings (SSSR count). The highest BCUT2D eigenvalue weighted by Gasteiger charge is 2.40. The van der Waals surface area contributed by atoms with E-state index in [1.54, 1.807) is 0 Å². The minimum atomic E-state index is -4.45. The van der Waals surface area contributed by atoms with Gasteiger partial charge in [-0.3, -0.25) is 0 Å². The van der Waals surface area contributed by atoms with Crippen molar-refractivity contribution in [2.75, 3.05) is 4.90 Å². The molecule has 0 saturated heterocycles. The van der Waals surface area contributed by atoms with E-state index in [9.17, 15) is 26.7 Å². The molecule has 2 N–H and O–H groups in total. The molecule has 1 fully saturated rings. The smallest absolute Gasteiger partial charge is 0.389 e. The summed E-state index contributed by atoms with van der Waals surface area (Å²) in [6.07, 6.45) is 2.58. The first kappa shape index (κ1) is 26.1. The number of anilines is 2. The average Bonchev–Trinajstić information content (AvgIpc) is 3.02. The first-order valence-corrected chi connectivity index (χ1v) is 14.4. The van der Waals surface area contributed by atoms with Crippen LogP contribution in [0.25, 0.3) is 0 Å². The minimum absolute atomic E-state index is 0.0947. The van der Waals surface area contributed by atoms with Crippen LogP contribution in [-0.2, 0) is 22.9 Å². The largest absolute Gasteiger partial charge is 0.446 e. The molecule has 2 aliphatic rings. The lowest BCUT2D eigenvalue weighted by Gasteiger charge is -2.43. The van der Waals surface area contributed by atoms with E-state index in [0.717, 1.165) is 48.5 Å². The highest BCUT2D eigenvalue weighted by atomic mass is 32.2. The highest BCUT2D eigenvalue weighted by molar-refractivity contribution is 8.00. The Bertz CT molecular complexity index is 1320. The van der Waals surface area contributed by atoms with Gasteiger partial charge in [0.15, 0.2) is 0 Å². The second-order valence-electron chi connectivity index (χ2n) is 9.36. The number of sulfonamides is 1. The lowest BCUT2D eigenvalue weighted by atomic mass is 9.86. The van der Waals surface area contributed by atoms with Gasteiger partial charge < -0.3 is 10.0 Å². The summed E-state index contributed by atoms with van der Waals surface area (Å²) in [5, 5.41) is 11.5. The zero-order valence-electron chi connectivity index (χ0n) is 19.9. The van der Waals surface area contributed by atoms with Crippen molar-refractivity contribution in [1.82, 2.24) is 4.72 Å². The fourth-order valence-electron chi connectivity index (χ4n) is 5.33. The van der Waals surface area contributed by atoms with Gasteiger partial charge in [0.2, 0.25) is 10.0 Å². The summed E-state index contributed by atoms with van der Waals surface area (Å²) in [4.78, 5) is 1.92. The predicted octanol–water partition coefficient (Wildman–Crippen LogP) is 5.80. The van der Waals surface area contributed by atoms with Gasteiger partial charge >= 0.3 is 5.51 Å². The molecule has 1 saturated carbocycles. The third-order valence-corrected chi connectivity index (χ3v) is 9.24. The van der Waals surface area contributed by atoms with E-state index in [2.05, 4.69) is 21.8 Å². The number of rotatable bonds is 5. The van der Waals surface area contributed by atoms with Gasteiger partial charge in [-0.15, -0.1) is 0 Å². The Morgan fingerprint density at radius 1 is 0.865 bits per heavy atom. The number of benzene rings is 3. The Kier molecular flexibility index (Phi) is 7.28. The molecule has 1 aliphatic carbocycles. The van der Waals surface area contributed by atoms with E-state index in [0.29, 0.717) is 19.3 Å². The van der Waals surface area contributed by atoms with Gasteiger partial charge in [-0.25, -0.2) is 13.1 Å². The van der Waals surface area contributed by atoms with Crippen LogP contribution >= 0.6 is 11.8 Å². The summed E-state index contributed by atoms with van der Waals surface area (Å²) in [5.74, 6) is 0. The Balaban J connectivity index is 1.41. The zero-order chi connectivity index (χ0) is 26.2. The highest BCUT2D eigenvalue weighted by Crippen LogP contribution is 2.41. The number of fused-ring (bicyclic) bond motifs is 2. The maximum Gasteiger partial charge on any atom is 0.446 e. The predicted molar refractivity (Wildman–Crippen MR) is 139 cm³/mol. The SMILES string of the molecule is O=S(=O)(N[C@H]1CCC[C@@H](N2c3ccccc3CCc3ccccc32)[C@@H]1O)c1ccc(SC(F)(F)F)cc1. The molecular weight excluding hydrogens is 521 g/mol. The number of hydrogen-bond acceptors (Lipinski definition) is 5. The standard InChI is InChI=1S/C27H27F3N2O3S2/c28-27(29,30)36-20-14-16-21(17-15-20)37(34,35)31-22-8-5-11-25(26(22)33)32-23-9-3-1-6-18(23)12-13-19-7-2-4-10-24(19)32/h1-4,6-7,9-10,14-17,22,25-26,31,33H,5,8,11-13H2/t22-,25+,26+/m0/s1. The van der Waals surface area contributed by atoms with Crippen LogP contribution in [0.5, 0.6) is 0 Å². The molecule has 3 atom stereocenters. The first-order chi connectivity index (χ1) is 17.6. The zero-order valence-corrected chi connectivity index (χ0v) is 21.5. The summed E-state index contributed by atoms with van der Waals surface area (Å²) in [6.45, 7) is 0. The fourth-order valence-corrected chi connectivity index (χ4v) is 7.15. The maximum atomic E-state index is 13.1. The first-order valence-electron chi connectivity index (χ1n) is 12.1.